The van der Waals surface area contributed by atoms with E-state index in [4.69, 9.17) is 18.7 Å². The molecule has 1 unspecified atom stereocenters. The standard InChI is InChI=1S/C24H23N3O6/c1-15(28)27-11-10-16-6-4-5-7-18(16)20(27)13-23(29)32-14-22-25-24(26-33-22)19-9-8-17(30-2)12-21(19)31-3/h4-12,20H,13-14H2,1-3H3. The van der Waals surface area contributed by atoms with Gasteiger partial charge in [0.05, 0.1) is 32.2 Å². The van der Waals surface area contributed by atoms with Crippen LogP contribution in [-0.2, 0) is 20.9 Å². The summed E-state index contributed by atoms with van der Waals surface area (Å²) in [6, 6.07) is 12.4. The van der Waals surface area contributed by atoms with Gasteiger partial charge in [-0.25, -0.2) is 0 Å². The van der Waals surface area contributed by atoms with E-state index in [0.717, 1.165) is 11.1 Å². The number of benzene rings is 2. The molecule has 9 heteroatoms. The second-order valence-corrected chi connectivity index (χ2v) is 7.33. The molecule has 2 aromatic carbocycles. The average Bonchev–Trinajstić information content (AvgIpc) is 3.31. The topological polar surface area (TPSA) is 104 Å². The highest BCUT2D eigenvalue weighted by Crippen LogP contribution is 2.34. The van der Waals surface area contributed by atoms with E-state index >= 15 is 0 Å². The van der Waals surface area contributed by atoms with Crippen molar-refractivity contribution >= 4 is 18.0 Å². The molecule has 0 fully saturated rings. The molecule has 0 saturated heterocycles. The zero-order chi connectivity index (χ0) is 23.4. The molecule has 1 aliphatic heterocycles. The van der Waals surface area contributed by atoms with E-state index in [1.807, 2.05) is 30.3 Å². The normalized spacial score (nSPS) is 14.5. The molecule has 0 N–H and O–H groups in total. The molecule has 1 aromatic heterocycles. The first-order chi connectivity index (χ1) is 16.0. The van der Waals surface area contributed by atoms with Gasteiger partial charge in [-0.2, -0.15) is 4.98 Å². The Morgan fingerprint density at radius 2 is 1.94 bits per heavy atom. The quantitative estimate of drug-likeness (QED) is 0.502. The zero-order valence-corrected chi connectivity index (χ0v) is 18.5. The Balaban J connectivity index is 1.43. The van der Waals surface area contributed by atoms with Crippen LogP contribution in [0.2, 0.25) is 0 Å². The molecule has 0 saturated carbocycles. The van der Waals surface area contributed by atoms with Crippen molar-refractivity contribution in [2.24, 2.45) is 0 Å². The van der Waals surface area contributed by atoms with Gasteiger partial charge < -0.3 is 23.6 Å². The molecule has 33 heavy (non-hydrogen) atoms. The third-order valence-corrected chi connectivity index (χ3v) is 5.30. The van der Waals surface area contributed by atoms with Crippen LogP contribution in [0.25, 0.3) is 17.5 Å². The number of fused-ring (bicyclic) bond motifs is 1. The van der Waals surface area contributed by atoms with Crippen molar-refractivity contribution in [3.8, 4) is 22.9 Å². The summed E-state index contributed by atoms with van der Waals surface area (Å²) in [6.45, 7) is 1.28. The van der Waals surface area contributed by atoms with E-state index < -0.39 is 12.0 Å². The maximum atomic E-state index is 12.6. The fourth-order valence-corrected chi connectivity index (χ4v) is 3.68. The summed E-state index contributed by atoms with van der Waals surface area (Å²) < 4.78 is 21.2. The first-order valence-electron chi connectivity index (χ1n) is 10.3. The second kappa shape index (κ2) is 9.56. The highest BCUT2D eigenvalue weighted by Gasteiger charge is 2.29. The largest absolute Gasteiger partial charge is 0.497 e. The lowest BCUT2D eigenvalue weighted by Crippen LogP contribution is -2.32. The van der Waals surface area contributed by atoms with Crippen molar-refractivity contribution in [3.05, 3.63) is 65.7 Å². The summed E-state index contributed by atoms with van der Waals surface area (Å²) >= 11 is 0. The average molecular weight is 449 g/mol. The Kier molecular flexibility index (Phi) is 6.39. The third kappa shape index (κ3) is 4.72. The van der Waals surface area contributed by atoms with Crippen LogP contribution in [0.5, 0.6) is 11.5 Å². The van der Waals surface area contributed by atoms with Crippen LogP contribution >= 0.6 is 0 Å². The second-order valence-electron chi connectivity index (χ2n) is 7.33. The highest BCUT2D eigenvalue weighted by molar-refractivity contribution is 5.80. The van der Waals surface area contributed by atoms with Crippen LogP contribution < -0.4 is 9.47 Å². The van der Waals surface area contributed by atoms with Crippen molar-refractivity contribution in [3.63, 3.8) is 0 Å². The first-order valence-corrected chi connectivity index (χ1v) is 10.3. The molecule has 0 spiro atoms. The number of rotatable bonds is 7. The Morgan fingerprint density at radius 3 is 2.70 bits per heavy atom. The van der Waals surface area contributed by atoms with Crippen molar-refractivity contribution in [2.75, 3.05) is 14.2 Å². The number of methoxy groups -OCH3 is 2. The minimum Gasteiger partial charge on any atom is -0.497 e. The molecular weight excluding hydrogens is 426 g/mol. The molecule has 0 radical (unpaired) electrons. The zero-order valence-electron chi connectivity index (χ0n) is 18.5. The summed E-state index contributed by atoms with van der Waals surface area (Å²) in [5.74, 6) is 0.948. The van der Waals surface area contributed by atoms with Crippen molar-refractivity contribution in [2.45, 2.75) is 26.0 Å². The van der Waals surface area contributed by atoms with E-state index in [9.17, 15) is 9.59 Å². The third-order valence-electron chi connectivity index (χ3n) is 5.30. The fourth-order valence-electron chi connectivity index (χ4n) is 3.68. The summed E-state index contributed by atoms with van der Waals surface area (Å²) in [7, 11) is 3.09. The summed E-state index contributed by atoms with van der Waals surface area (Å²) in [5.41, 5.74) is 2.46. The van der Waals surface area contributed by atoms with Gasteiger partial charge in [0, 0.05) is 19.2 Å². The van der Waals surface area contributed by atoms with Gasteiger partial charge >= 0.3 is 5.97 Å². The van der Waals surface area contributed by atoms with Gasteiger partial charge in [-0.3, -0.25) is 9.59 Å². The lowest BCUT2D eigenvalue weighted by atomic mass is 9.94. The van der Waals surface area contributed by atoms with E-state index in [0.29, 0.717) is 22.9 Å². The number of esters is 1. The molecule has 1 amide bonds. The van der Waals surface area contributed by atoms with Gasteiger partial charge in [0.25, 0.3) is 5.89 Å². The minimum atomic E-state index is -0.488. The molecule has 1 atom stereocenters. The summed E-state index contributed by atoms with van der Waals surface area (Å²) in [4.78, 5) is 30.5. The molecule has 4 rings (SSSR count). The first kappa shape index (κ1) is 22.1. The molecule has 9 nitrogen and oxygen atoms in total. The number of hydrogen-bond acceptors (Lipinski definition) is 8. The number of nitrogens with zero attached hydrogens (tertiary/aromatic N) is 3. The van der Waals surface area contributed by atoms with Crippen LogP contribution in [0, 0.1) is 0 Å². The van der Waals surface area contributed by atoms with Crippen LogP contribution in [0.4, 0.5) is 0 Å². The lowest BCUT2D eigenvalue weighted by molar-refractivity contribution is -0.147. The van der Waals surface area contributed by atoms with Crippen LogP contribution in [0.1, 0.15) is 36.4 Å². The monoisotopic (exact) mass is 449 g/mol. The number of carbonyl (C=O) groups is 2. The smallest absolute Gasteiger partial charge is 0.308 e. The summed E-state index contributed by atoms with van der Waals surface area (Å²) in [5, 5.41) is 3.95. The van der Waals surface area contributed by atoms with Crippen LogP contribution in [0.3, 0.4) is 0 Å². The number of amides is 1. The van der Waals surface area contributed by atoms with Crippen molar-refractivity contribution < 1.29 is 28.3 Å². The Labute approximate surface area is 190 Å². The van der Waals surface area contributed by atoms with Gasteiger partial charge in [0.15, 0.2) is 6.61 Å². The van der Waals surface area contributed by atoms with E-state index in [1.54, 1.807) is 31.5 Å². The predicted octanol–water partition coefficient (Wildman–Crippen LogP) is 3.76. The Bertz CT molecular complexity index is 1200. The Morgan fingerprint density at radius 1 is 1.12 bits per heavy atom. The number of aromatic nitrogens is 2. The molecular formula is C24H23N3O6. The fraction of sp³-hybridized carbons (Fsp3) is 0.250. The SMILES string of the molecule is COc1ccc(-c2noc(COC(=O)CC3c4ccccc4C=CN3C(C)=O)n2)c(OC)c1. The van der Waals surface area contributed by atoms with Gasteiger partial charge in [-0.15, -0.1) is 0 Å². The molecule has 0 bridgehead atoms. The van der Waals surface area contributed by atoms with Gasteiger partial charge in [-0.1, -0.05) is 29.4 Å². The molecule has 3 aromatic rings. The molecule has 170 valence electrons. The maximum Gasteiger partial charge on any atom is 0.308 e. The van der Waals surface area contributed by atoms with E-state index in [1.165, 1.54) is 18.9 Å². The number of ether oxygens (including phenoxy) is 3. The highest BCUT2D eigenvalue weighted by atomic mass is 16.6. The summed E-state index contributed by atoms with van der Waals surface area (Å²) in [6.07, 6.45) is 3.54. The molecule has 2 heterocycles. The van der Waals surface area contributed by atoms with Crippen LogP contribution in [-0.4, -0.2) is 41.1 Å². The lowest BCUT2D eigenvalue weighted by Gasteiger charge is -2.32. The van der Waals surface area contributed by atoms with Crippen molar-refractivity contribution in [1.82, 2.24) is 15.0 Å². The molecule has 0 aliphatic carbocycles. The van der Waals surface area contributed by atoms with Gasteiger partial charge in [0.2, 0.25) is 11.7 Å². The van der Waals surface area contributed by atoms with Gasteiger partial charge in [0.1, 0.15) is 11.5 Å². The number of hydrogen-bond donors (Lipinski definition) is 0. The van der Waals surface area contributed by atoms with Gasteiger partial charge in [-0.05, 0) is 29.3 Å². The number of carbonyl (C=O) groups excluding carboxylic acids is 2. The predicted molar refractivity (Wildman–Crippen MR) is 118 cm³/mol. The van der Waals surface area contributed by atoms with E-state index in [-0.39, 0.29) is 24.8 Å². The Hall–Kier alpha value is -4.14. The van der Waals surface area contributed by atoms with Crippen molar-refractivity contribution in [1.29, 1.82) is 0 Å². The van der Waals surface area contributed by atoms with Crippen LogP contribution in [0.15, 0.2) is 53.2 Å². The maximum absolute atomic E-state index is 12.6. The van der Waals surface area contributed by atoms with E-state index in [2.05, 4.69) is 10.1 Å². The minimum absolute atomic E-state index is 0.00572. The molecule has 1 aliphatic rings.